The molecule has 0 saturated heterocycles. The molecule has 0 atom stereocenters. The summed E-state index contributed by atoms with van der Waals surface area (Å²) in [4.78, 5) is 4.31. The summed E-state index contributed by atoms with van der Waals surface area (Å²) in [5.74, 6) is 0. The lowest BCUT2D eigenvalue weighted by molar-refractivity contribution is -0.137. The fourth-order valence-corrected chi connectivity index (χ4v) is 2.02. The number of halogens is 3. The van der Waals surface area contributed by atoms with Crippen molar-refractivity contribution in [2.45, 2.75) is 16.2 Å². The molecule has 0 bridgehead atoms. The first-order chi connectivity index (χ1) is 8.50. The van der Waals surface area contributed by atoms with Crippen molar-refractivity contribution in [1.82, 2.24) is 15.2 Å². The molecule has 1 N–H and O–H groups in total. The number of aromatic nitrogens is 3. The molecule has 0 aliphatic heterocycles. The number of nitriles is 1. The van der Waals surface area contributed by atoms with Crippen LogP contribution in [0.3, 0.4) is 0 Å². The van der Waals surface area contributed by atoms with Gasteiger partial charge in [0.2, 0.25) is 0 Å². The fraction of sp³-hybridized carbons (Fsp3) is 0.100. The molecule has 0 fully saturated rings. The Morgan fingerprint density at radius 3 is 2.67 bits per heavy atom. The molecular weight excluding hydrogens is 265 g/mol. The molecule has 0 spiro atoms. The lowest BCUT2D eigenvalue weighted by Crippen LogP contribution is -2.07. The van der Waals surface area contributed by atoms with Gasteiger partial charge in [-0.05, 0) is 18.2 Å². The van der Waals surface area contributed by atoms with E-state index in [2.05, 4.69) is 15.2 Å². The molecule has 4 nitrogen and oxygen atoms in total. The third-order valence-corrected chi connectivity index (χ3v) is 2.90. The van der Waals surface area contributed by atoms with Gasteiger partial charge in [-0.1, -0.05) is 11.8 Å². The summed E-state index contributed by atoms with van der Waals surface area (Å²) in [6, 6.07) is 4.89. The molecule has 92 valence electrons. The van der Waals surface area contributed by atoms with Crippen molar-refractivity contribution in [3.8, 4) is 6.07 Å². The number of hydrogen-bond donors (Lipinski definition) is 1. The van der Waals surface area contributed by atoms with Gasteiger partial charge in [-0.2, -0.15) is 23.5 Å². The second-order valence-electron chi connectivity index (χ2n) is 3.21. The van der Waals surface area contributed by atoms with Gasteiger partial charge >= 0.3 is 6.18 Å². The van der Waals surface area contributed by atoms with Crippen LogP contribution in [0.25, 0.3) is 0 Å². The van der Waals surface area contributed by atoms with Gasteiger partial charge < -0.3 is 0 Å². The molecule has 0 aliphatic rings. The number of nitrogens with one attached hydrogen (secondary N) is 1. The Bertz CT molecular complexity index is 586. The average molecular weight is 270 g/mol. The fourth-order valence-electron chi connectivity index (χ4n) is 1.28. The van der Waals surface area contributed by atoms with Crippen molar-refractivity contribution in [3.63, 3.8) is 0 Å². The number of rotatable bonds is 2. The predicted molar refractivity (Wildman–Crippen MR) is 56.7 cm³/mol. The van der Waals surface area contributed by atoms with Crippen LogP contribution in [0.5, 0.6) is 0 Å². The lowest BCUT2D eigenvalue weighted by atomic mass is 10.1. The zero-order valence-corrected chi connectivity index (χ0v) is 9.51. The molecule has 0 unspecified atom stereocenters. The molecule has 8 heteroatoms. The number of alkyl halides is 3. The summed E-state index contributed by atoms with van der Waals surface area (Å²) >= 11 is 1.10. The third-order valence-electron chi connectivity index (χ3n) is 2.02. The zero-order valence-electron chi connectivity index (χ0n) is 8.69. The molecular formula is C10H5F3N4S. The van der Waals surface area contributed by atoms with Gasteiger partial charge in [0.05, 0.1) is 17.2 Å². The van der Waals surface area contributed by atoms with Crippen molar-refractivity contribution < 1.29 is 13.2 Å². The second kappa shape index (κ2) is 4.70. The lowest BCUT2D eigenvalue weighted by Gasteiger charge is -2.09. The summed E-state index contributed by atoms with van der Waals surface area (Å²) < 4.78 is 37.7. The SMILES string of the molecule is N#Cc1cc(Sc2ncn[nH]2)ccc1C(F)(F)F. The number of nitrogens with zero attached hydrogens (tertiary/aromatic N) is 3. The van der Waals surface area contributed by atoms with Crippen LogP contribution in [0.1, 0.15) is 11.1 Å². The first-order valence-electron chi connectivity index (χ1n) is 4.65. The van der Waals surface area contributed by atoms with Gasteiger partial charge in [-0.3, -0.25) is 5.10 Å². The molecule has 2 rings (SSSR count). The molecule has 2 aromatic rings. The van der Waals surface area contributed by atoms with E-state index in [9.17, 15) is 13.2 Å². The number of benzene rings is 1. The molecule has 0 saturated carbocycles. The Balaban J connectivity index is 2.34. The predicted octanol–water partition coefficient (Wildman–Crippen LogP) is 2.85. The normalized spacial score (nSPS) is 11.2. The van der Waals surface area contributed by atoms with E-state index in [1.165, 1.54) is 18.5 Å². The van der Waals surface area contributed by atoms with Gasteiger partial charge in [-0.25, -0.2) is 4.98 Å². The highest BCUT2D eigenvalue weighted by Crippen LogP contribution is 2.34. The maximum Gasteiger partial charge on any atom is 0.417 e. The molecule has 1 aromatic heterocycles. The van der Waals surface area contributed by atoms with Crippen molar-refractivity contribution in [2.75, 3.05) is 0 Å². The van der Waals surface area contributed by atoms with Crippen molar-refractivity contribution in [2.24, 2.45) is 0 Å². The van der Waals surface area contributed by atoms with Crippen LogP contribution in [0.2, 0.25) is 0 Å². The van der Waals surface area contributed by atoms with E-state index >= 15 is 0 Å². The highest BCUT2D eigenvalue weighted by molar-refractivity contribution is 7.99. The molecule has 18 heavy (non-hydrogen) atoms. The minimum atomic E-state index is -4.53. The van der Waals surface area contributed by atoms with Crippen molar-refractivity contribution in [3.05, 3.63) is 35.7 Å². The van der Waals surface area contributed by atoms with Crippen LogP contribution in [-0.4, -0.2) is 15.2 Å². The Kier molecular flexibility index (Phi) is 3.25. The third kappa shape index (κ3) is 2.62. The van der Waals surface area contributed by atoms with Crippen LogP contribution in [0.15, 0.2) is 34.6 Å². The number of H-pyrrole nitrogens is 1. The maximum atomic E-state index is 12.6. The Morgan fingerprint density at radius 1 is 1.33 bits per heavy atom. The zero-order chi connectivity index (χ0) is 13.2. The largest absolute Gasteiger partial charge is 0.417 e. The van der Waals surface area contributed by atoms with Crippen molar-refractivity contribution >= 4 is 11.8 Å². The molecule has 1 heterocycles. The van der Waals surface area contributed by atoms with Crippen molar-refractivity contribution in [1.29, 1.82) is 5.26 Å². The Hall–Kier alpha value is -2.01. The van der Waals surface area contributed by atoms with Gasteiger partial charge in [0.1, 0.15) is 6.33 Å². The van der Waals surface area contributed by atoms with E-state index in [4.69, 9.17) is 5.26 Å². The van der Waals surface area contributed by atoms with E-state index in [-0.39, 0.29) is 0 Å². The molecule has 0 aliphatic carbocycles. The Labute approximate surface area is 104 Å². The highest BCUT2D eigenvalue weighted by atomic mass is 32.2. The standard InChI is InChI=1S/C10H5F3N4S/c11-10(12,13)8-2-1-7(3-6(8)4-14)18-9-15-5-16-17-9/h1-3,5H,(H,15,16,17). The summed E-state index contributed by atoms with van der Waals surface area (Å²) in [6.45, 7) is 0. The minimum absolute atomic E-state index is 0.410. The second-order valence-corrected chi connectivity index (χ2v) is 4.27. The molecule has 1 aromatic carbocycles. The summed E-state index contributed by atoms with van der Waals surface area (Å²) in [5.41, 5.74) is -1.35. The van der Waals surface area contributed by atoms with Crippen LogP contribution in [0, 0.1) is 11.3 Å². The Morgan fingerprint density at radius 2 is 2.11 bits per heavy atom. The van der Waals surface area contributed by atoms with Crippen LogP contribution in [-0.2, 0) is 6.18 Å². The summed E-state index contributed by atoms with van der Waals surface area (Å²) in [5, 5.41) is 15.4. The minimum Gasteiger partial charge on any atom is -0.254 e. The molecule has 0 radical (unpaired) electrons. The maximum absolute atomic E-state index is 12.6. The smallest absolute Gasteiger partial charge is 0.254 e. The molecule has 0 amide bonds. The average Bonchev–Trinajstić information content (AvgIpc) is 2.80. The summed E-state index contributed by atoms with van der Waals surface area (Å²) in [6.07, 6.45) is -3.24. The first-order valence-corrected chi connectivity index (χ1v) is 5.47. The van der Waals surface area contributed by atoms with Gasteiger partial charge in [0, 0.05) is 4.90 Å². The summed E-state index contributed by atoms with van der Waals surface area (Å²) in [7, 11) is 0. The van der Waals surface area contributed by atoms with E-state index in [0.717, 1.165) is 17.8 Å². The van der Waals surface area contributed by atoms with E-state index < -0.39 is 17.3 Å². The van der Waals surface area contributed by atoms with Crippen LogP contribution in [0.4, 0.5) is 13.2 Å². The van der Waals surface area contributed by atoms with Crippen LogP contribution >= 0.6 is 11.8 Å². The van der Waals surface area contributed by atoms with Gasteiger partial charge in [0.15, 0.2) is 5.16 Å². The highest BCUT2D eigenvalue weighted by Gasteiger charge is 2.33. The van der Waals surface area contributed by atoms with E-state index in [1.54, 1.807) is 6.07 Å². The van der Waals surface area contributed by atoms with Crippen LogP contribution < -0.4 is 0 Å². The van der Waals surface area contributed by atoms with E-state index in [1.807, 2.05) is 0 Å². The quantitative estimate of drug-likeness (QED) is 0.911. The van der Waals surface area contributed by atoms with E-state index in [0.29, 0.717) is 10.1 Å². The number of hydrogen-bond acceptors (Lipinski definition) is 4. The van der Waals surface area contributed by atoms with Gasteiger partial charge in [-0.15, -0.1) is 0 Å². The van der Waals surface area contributed by atoms with Gasteiger partial charge in [0.25, 0.3) is 0 Å². The number of aromatic amines is 1. The topological polar surface area (TPSA) is 65.4 Å². The monoisotopic (exact) mass is 270 g/mol. The first kappa shape index (κ1) is 12.4.